The van der Waals surface area contributed by atoms with Gasteiger partial charge in [-0.1, -0.05) is 37.3 Å². The topological polar surface area (TPSA) is 61.8 Å². The summed E-state index contributed by atoms with van der Waals surface area (Å²) in [4.78, 5) is 25.0. The van der Waals surface area contributed by atoms with Gasteiger partial charge in [0.15, 0.2) is 6.10 Å². The highest BCUT2D eigenvalue weighted by atomic mass is 16.6. The summed E-state index contributed by atoms with van der Waals surface area (Å²) in [7, 11) is 2.91. The molecule has 0 aromatic heterocycles. The summed E-state index contributed by atoms with van der Waals surface area (Å²) >= 11 is 0. The molecule has 0 aliphatic carbocycles. The second-order valence-electron chi connectivity index (χ2n) is 5.50. The highest BCUT2D eigenvalue weighted by molar-refractivity contribution is 6.02. The Bertz CT molecular complexity index is 727. The standard InChI is InChI=1S/C20H22O5/c1-5-14-9-11-15(12-10-14)19(21)13(2)25-20(22)18-16(23-3)7-6-8-17(18)24-4/h6-13H,5H2,1-4H3/t13-/m1/s1. The number of carbonyl (C=O) groups excluding carboxylic acids is 2. The molecule has 1 atom stereocenters. The van der Waals surface area contributed by atoms with Crippen LogP contribution in [0.5, 0.6) is 11.5 Å². The Hall–Kier alpha value is -2.82. The van der Waals surface area contributed by atoms with Crippen LogP contribution in [0.25, 0.3) is 0 Å². The number of ketones is 1. The zero-order chi connectivity index (χ0) is 18.4. The molecule has 25 heavy (non-hydrogen) atoms. The van der Waals surface area contributed by atoms with E-state index in [0.717, 1.165) is 12.0 Å². The molecule has 0 heterocycles. The molecule has 0 N–H and O–H groups in total. The Morgan fingerprint density at radius 2 is 1.52 bits per heavy atom. The van der Waals surface area contributed by atoms with Crippen molar-refractivity contribution in [2.24, 2.45) is 0 Å². The van der Waals surface area contributed by atoms with Crippen molar-refractivity contribution < 1.29 is 23.8 Å². The molecular weight excluding hydrogens is 320 g/mol. The third-order valence-corrected chi connectivity index (χ3v) is 3.93. The lowest BCUT2D eigenvalue weighted by atomic mass is 10.0. The minimum absolute atomic E-state index is 0.161. The molecular formula is C20H22O5. The van der Waals surface area contributed by atoms with Crippen molar-refractivity contribution in [3.8, 4) is 11.5 Å². The minimum atomic E-state index is -0.922. The number of aryl methyl sites for hydroxylation is 1. The molecule has 0 aliphatic rings. The Kier molecular flexibility index (Phi) is 6.17. The van der Waals surface area contributed by atoms with Crippen LogP contribution < -0.4 is 9.47 Å². The fraction of sp³-hybridized carbons (Fsp3) is 0.300. The molecule has 2 aromatic rings. The van der Waals surface area contributed by atoms with Gasteiger partial charge < -0.3 is 14.2 Å². The van der Waals surface area contributed by atoms with Gasteiger partial charge in [0.25, 0.3) is 0 Å². The Morgan fingerprint density at radius 3 is 2.00 bits per heavy atom. The lowest BCUT2D eigenvalue weighted by Gasteiger charge is -2.16. The van der Waals surface area contributed by atoms with Gasteiger partial charge in [0.1, 0.15) is 17.1 Å². The van der Waals surface area contributed by atoms with Crippen LogP contribution in [0.2, 0.25) is 0 Å². The summed E-state index contributed by atoms with van der Waals surface area (Å²) in [6, 6.07) is 12.3. The van der Waals surface area contributed by atoms with Gasteiger partial charge in [-0.25, -0.2) is 4.79 Å². The Balaban J connectivity index is 2.18. The first kappa shape index (κ1) is 18.5. The van der Waals surface area contributed by atoms with Gasteiger partial charge >= 0.3 is 5.97 Å². The number of benzene rings is 2. The SMILES string of the molecule is CCc1ccc(C(=O)[C@@H](C)OC(=O)c2c(OC)cccc2OC)cc1. The largest absolute Gasteiger partial charge is 0.496 e. The molecule has 2 rings (SSSR count). The van der Waals surface area contributed by atoms with Crippen LogP contribution in [0.1, 0.15) is 40.1 Å². The van der Waals surface area contributed by atoms with E-state index in [1.54, 1.807) is 37.3 Å². The molecule has 0 radical (unpaired) electrons. The summed E-state index contributed by atoms with van der Waals surface area (Å²) in [5, 5.41) is 0. The number of rotatable bonds is 7. The van der Waals surface area contributed by atoms with Crippen molar-refractivity contribution in [2.75, 3.05) is 14.2 Å². The normalized spacial score (nSPS) is 11.5. The maximum atomic E-state index is 12.5. The number of carbonyl (C=O) groups is 2. The average Bonchev–Trinajstić information content (AvgIpc) is 2.66. The fourth-order valence-corrected chi connectivity index (χ4v) is 2.46. The molecule has 0 aliphatic heterocycles. The number of hydrogen-bond acceptors (Lipinski definition) is 5. The zero-order valence-electron chi connectivity index (χ0n) is 14.9. The maximum Gasteiger partial charge on any atom is 0.346 e. The monoisotopic (exact) mass is 342 g/mol. The summed E-state index contributed by atoms with van der Waals surface area (Å²) in [6.07, 6.45) is -0.0262. The van der Waals surface area contributed by atoms with E-state index in [1.807, 2.05) is 19.1 Å². The van der Waals surface area contributed by atoms with E-state index < -0.39 is 12.1 Å². The molecule has 0 bridgehead atoms. The highest BCUT2D eigenvalue weighted by Crippen LogP contribution is 2.29. The first-order valence-corrected chi connectivity index (χ1v) is 8.06. The van der Waals surface area contributed by atoms with E-state index in [-0.39, 0.29) is 11.3 Å². The van der Waals surface area contributed by atoms with Gasteiger partial charge in [-0.3, -0.25) is 4.79 Å². The molecule has 0 fully saturated rings. The molecule has 0 saturated carbocycles. The minimum Gasteiger partial charge on any atom is -0.496 e. The summed E-state index contributed by atoms with van der Waals surface area (Å²) in [6.45, 7) is 3.59. The fourth-order valence-electron chi connectivity index (χ4n) is 2.46. The van der Waals surface area contributed by atoms with Gasteiger partial charge in [-0.05, 0) is 31.0 Å². The smallest absolute Gasteiger partial charge is 0.346 e. The lowest BCUT2D eigenvalue weighted by molar-refractivity contribution is 0.0313. The first-order valence-electron chi connectivity index (χ1n) is 8.06. The number of esters is 1. The van der Waals surface area contributed by atoms with Crippen molar-refractivity contribution >= 4 is 11.8 Å². The molecule has 132 valence electrons. The molecule has 0 unspecified atom stereocenters. The van der Waals surface area contributed by atoms with Gasteiger partial charge in [0, 0.05) is 5.56 Å². The molecule has 0 amide bonds. The van der Waals surface area contributed by atoms with E-state index in [2.05, 4.69) is 0 Å². The predicted octanol–water partition coefficient (Wildman–Crippen LogP) is 3.69. The van der Waals surface area contributed by atoms with E-state index in [0.29, 0.717) is 17.1 Å². The van der Waals surface area contributed by atoms with Crippen molar-refractivity contribution in [3.63, 3.8) is 0 Å². The first-order chi connectivity index (χ1) is 12.0. The lowest BCUT2D eigenvalue weighted by Crippen LogP contribution is -2.25. The van der Waals surface area contributed by atoms with Crippen molar-refractivity contribution in [3.05, 3.63) is 59.2 Å². The number of Topliss-reactive ketones (excluding diaryl/α,β-unsaturated/α-hetero) is 1. The summed E-state index contributed by atoms with van der Waals surface area (Å²) in [5.74, 6) is -0.266. The zero-order valence-corrected chi connectivity index (χ0v) is 14.9. The highest BCUT2D eigenvalue weighted by Gasteiger charge is 2.25. The van der Waals surface area contributed by atoms with E-state index >= 15 is 0 Å². The van der Waals surface area contributed by atoms with E-state index in [4.69, 9.17) is 14.2 Å². The summed E-state index contributed by atoms with van der Waals surface area (Å²) in [5.41, 5.74) is 1.80. The predicted molar refractivity (Wildman–Crippen MR) is 94.6 cm³/mol. The molecule has 5 nitrogen and oxygen atoms in total. The van der Waals surface area contributed by atoms with Crippen molar-refractivity contribution in [1.29, 1.82) is 0 Å². The van der Waals surface area contributed by atoms with Crippen LogP contribution >= 0.6 is 0 Å². The number of methoxy groups -OCH3 is 2. The number of ether oxygens (including phenoxy) is 3. The quantitative estimate of drug-likeness (QED) is 0.567. The van der Waals surface area contributed by atoms with Gasteiger partial charge in [0.05, 0.1) is 14.2 Å². The molecule has 2 aromatic carbocycles. The van der Waals surface area contributed by atoms with Crippen molar-refractivity contribution in [1.82, 2.24) is 0 Å². The average molecular weight is 342 g/mol. The van der Waals surface area contributed by atoms with Crippen LogP contribution in [0.15, 0.2) is 42.5 Å². The summed E-state index contributed by atoms with van der Waals surface area (Å²) < 4.78 is 15.7. The van der Waals surface area contributed by atoms with Crippen LogP contribution in [-0.2, 0) is 11.2 Å². The van der Waals surface area contributed by atoms with Crippen LogP contribution in [-0.4, -0.2) is 32.1 Å². The maximum absolute atomic E-state index is 12.5. The molecule has 5 heteroatoms. The van der Waals surface area contributed by atoms with Gasteiger partial charge in [0.2, 0.25) is 5.78 Å². The third kappa shape index (κ3) is 4.18. The Morgan fingerprint density at radius 1 is 0.960 bits per heavy atom. The van der Waals surface area contributed by atoms with E-state index in [9.17, 15) is 9.59 Å². The third-order valence-electron chi connectivity index (χ3n) is 3.93. The molecule has 0 saturated heterocycles. The Labute approximate surface area is 147 Å². The van der Waals surface area contributed by atoms with E-state index in [1.165, 1.54) is 14.2 Å². The second kappa shape index (κ2) is 8.33. The van der Waals surface area contributed by atoms with Crippen LogP contribution in [0.3, 0.4) is 0 Å². The number of hydrogen-bond donors (Lipinski definition) is 0. The van der Waals surface area contributed by atoms with Gasteiger partial charge in [-0.2, -0.15) is 0 Å². The van der Waals surface area contributed by atoms with Crippen LogP contribution in [0.4, 0.5) is 0 Å². The van der Waals surface area contributed by atoms with Crippen molar-refractivity contribution in [2.45, 2.75) is 26.4 Å². The van der Waals surface area contributed by atoms with Gasteiger partial charge in [-0.15, -0.1) is 0 Å². The van der Waals surface area contributed by atoms with Crippen LogP contribution in [0, 0.1) is 0 Å². The second-order valence-corrected chi connectivity index (χ2v) is 5.50. The molecule has 0 spiro atoms.